The van der Waals surface area contributed by atoms with Gasteiger partial charge in [0.05, 0.1) is 22.0 Å². The van der Waals surface area contributed by atoms with Crippen LogP contribution in [0.2, 0.25) is 0 Å². The third-order valence-corrected chi connectivity index (χ3v) is 5.00. The number of rotatable bonds is 4. The van der Waals surface area contributed by atoms with Crippen molar-refractivity contribution in [3.63, 3.8) is 0 Å². The average Bonchev–Trinajstić information content (AvgIpc) is 2.43. The van der Waals surface area contributed by atoms with Gasteiger partial charge in [-0.25, -0.2) is 0 Å². The average molecular weight is 296 g/mol. The zero-order chi connectivity index (χ0) is 13.8. The lowest BCUT2D eigenvalue weighted by atomic mass is 10.0. The fourth-order valence-corrected chi connectivity index (χ4v) is 3.39. The van der Waals surface area contributed by atoms with E-state index in [4.69, 9.17) is 9.47 Å². The molecule has 1 aliphatic rings. The van der Waals surface area contributed by atoms with Gasteiger partial charge in [0.25, 0.3) is 0 Å². The molecule has 0 saturated carbocycles. The Morgan fingerprint density at radius 2 is 2.11 bits per heavy atom. The molecule has 1 heterocycles. The summed E-state index contributed by atoms with van der Waals surface area (Å²) in [4.78, 5) is 12.5. The predicted molar refractivity (Wildman–Crippen MR) is 81.5 cm³/mol. The van der Waals surface area contributed by atoms with Gasteiger partial charge in [0, 0.05) is 0 Å². The Balaban J connectivity index is 2.41. The van der Waals surface area contributed by atoms with Gasteiger partial charge in [-0.2, -0.15) is 0 Å². The minimum Gasteiger partial charge on any atom is -0.494 e. The number of carbonyl (C=O) groups is 1. The molecule has 0 amide bonds. The Morgan fingerprint density at radius 3 is 2.74 bits per heavy atom. The van der Waals surface area contributed by atoms with Crippen LogP contribution in [0.5, 0.6) is 11.5 Å². The van der Waals surface area contributed by atoms with Gasteiger partial charge < -0.3 is 9.47 Å². The van der Waals surface area contributed by atoms with E-state index in [1.807, 2.05) is 25.5 Å². The van der Waals surface area contributed by atoms with Gasteiger partial charge in [-0.15, -0.1) is 23.5 Å². The number of benzene rings is 1. The summed E-state index contributed by atoms with van der Waals surface area (Å²) in [5.74, 6) is 1.38. The van der Waals surface area contributed by atoms with E-state index in [0.717, 1.165) is 9.81 Å². The number of hydrogen-bond acceptors (Lipinski definition) is 5. The number of fused-ring (bicyclic) bond motifs is 1. The SMILES string of the molecule is CCOc1ccc2c(c1)C(=O)C(=C(SC)SC)CO2. The van der Waals surface area contributed by atoms with E-state index < -0.39 is 0 Å². The first-order chi connectivity index (χ1) is 9.21. The van der Waals surface area contributed by atoms with Crippen molar-refractivity contribution in [2.24, 2.45) is 0 Å². The second-order valence-corrected chi connectivity index (χ2v) is 5.77. The molecule has 0 fully saturated rings. The molecule has 0 bridgehead atoms. The number of carbonyl (C=O) groups excluding carboxylic acids is 1. The Morgan fingerprint density at radius 1 is 1.37 bits per heavy atom. The topological polar surface area (TPSA) is 35.5 Å². The van der Waals surface area contributed by atoms with E-state index >= 15 is 0 Å². The van der Waals surface area contributed by atoms with Gasteiger partial charge >= 0.3 is 0 Å². The van der Waals surface area contributed by atoms with Crippen LogP contribution in [0.15, 0.2) is 28.0 Å². The van der Waals surface area contributed by atoms with E-state index in [-0.39, 0.29) is 5.78 Å². The zero-order valence-electron chi connectivity index (χ0n) is 11.2. The maximum Gasteiger partial charge on any atom is 0.197 e. The van der Waals surface area contributed by atoms with Gasteiger partial charge in [0.15, 0.2) is 5.78 Å². The normalized spacial score (nSPS) is 13.8. The van der Waals surface area contributed by atoms with Gasteiger partial charge in [0.2, 0.25) is 0 Å². The molecule has 2 rings (SSSR count). The van der Waals surface area contributed by atoms with Crippen LogP contribution < -0.4 is 9.47 Å². The maximum atomic E-state index is 12.5. The van der Waals surface area contributed by atoms with Crippen LogP contribution in [-0.2, 0) is 0 Å². The first kappa shape index (κ1) is 14.3. The van der Waals surface area contributed by atoms with Gasteiger partial charge in [0.1, 0.15) is 18.1 Å². The van der Waals surface area contributed by atoms with Crippen LogP contribution in [0.4, 0.5) is 0 Å². The van der Waals surface area contributed by atoms with E-state index in [0.29, 0.717) is 30.3 Å². The fourth-order valence-electron chi connectivity index (χ4n) is 1.93. The van der Waals surface area contributed by atoms with Crippen molar-refractivity contribution in [3.05, 3.63) is 33.6 Å². The summed E-state index contributed by atoms with van der Waals surface area (Å²) in [5, 5.41) is 0. The molecule has 1 aromatic rings. The van der Waals surface area contributed by atoms with Crippen molar-refractivity contribution in [3.8, 4) is 11.5 Å². The number of ketones is 1. The summed E-state index contributed by atoms with van der Waals surface area (Å²) in [6.07, 6.45) is 3.94. The Labute approximate surface area is 121 Å². The molecule has 3 nitrogen and oxygen atoms in total. The molecule has 19 heavy (non-hydrogen) atoms. The third-order valence-electron chi connectivity index (χ3n) is 2.77. The van der Waals surface area contributed by atoms with Crippen LogP contribution in [0.3, 0.4) is 0 Å². The van der Waals surface area contributed by atoms with Crippen molar-refractivity contribution in [2.75, 3.05) is 25.7 Å². The van der Waals surface area contributed by atoms with Crippen LogP contribution in [0, 0.1) is 0 Å². The summed E-state index contributed by atoms with van der Waals surface area (Å²) in [5.41, 5.74) is 1.33. The zero-order valence-corrected chi connectivity index (χ0v) is 12.8. The summed E-state index contributed by atoms with van der Waals surface area (Å²) in [7, 11) is 0. The van der Waals surface area contributed by atoms with Gasteiger partial charge in [-0.1, -0.05) is 0 Å². The second kappa shape index (κ2) is 6.39. The monoisotopic (exact) mass is 296 g/mol. The van der Waals surface area contributed by atoms with Crippen LogP contribution >= 0.6 is 23.5 Å². The molecule has 0 atom stereocenters. The molecule has 0 aliphatic carbocycles. The predicted octanol–water partition coefficient (Wildman–Crippen LogP) is 3.60. The smallest absolute Gasteiger partial charge is 0.197 e. The quantitative estimate of drug-likeness (QED) is 0.793. The molecule has 0 N–H and O–H groups in total. The molecule has 102 valence electrons. The molecular weight excluding hydrogens is 280 g/mol. The molecule has 0 unspecified atom stereocenters. The van der Waals surface area contributed by atoms with Crippen LogP contribution in [-0.4, -0.2) is 31.5 Å². The number of thioether (sulfide) groups is 2. The Hall–Kier alpha value is -1.07. The maximum absolute atomic E-state index is 12.5. The molecule has 5 heteroatoms. The van der Waals surface area contributed by atoms with Crippen molar-refractivity contribution in [2.45, 2.75) is 6.92 Å². The third kappa shape index (κ3) is 2.92. The molecule has 0 radical (unpaired) electrons. The molecule has 0 aromatic heterocycles. The van der Waals surface area contributed by atoms with Crippen molar-refractivity contribution < 1.29 is 14.3 Å². The van der Waals surface area contributed by atoms with Crippen molar-refractivity contribution in [1.29, 1.82) is 0 Å². The van der Waals surface area contributed by atoms with Crippen LogP contribution in [0.1, 0.15) is 17.3 Å². The number of Topliss-reactive ketones (excluding diaryl/α,β-unsaturated/α-hetero) is 1. The lowest BCUT2D eigenvalue weighted by Crippen LogP contribution is -2.20. The fraction of sp³-hybridized carbons (Fsp3) is 0.357. The summed E-state index contributed by atoms with van der Waals surface area (Å²) in [6.45, 7) is 2.84. The first-order valence-electron chi connectivity index (χ1n) is 5.96. The highest BCUT2D eigenvalue weighted by Gasteiger charge is 2.26. The summed E-state index contributed by atoms with van der Waals surface area (Å²) < 4.78 is 12.1. The second-order valence-electron chi connectivity index (χ2n) is 3.88. The lowest BCUT2D eigenvalue weighted by Gasteiger charge is -2.21. The minimum atomic E-state index is 0.0431. The summed E-state index contributed by atoms with van der Waals surface area (Å²) >= 11 is 3.16. The van der Waals surface area contributed by atoms with Crippen molar-refractivity contribution in [1.82, 2.24) is 0 Å². The highest BCUT2D eigenvalue weighted by atomic mass is 32.2. The highest BCUT2D eigenvalue weighted by molar-refractivity contribution is 8.21. The largest absolute Gasteiger partial charge is 0.494 e. The van der Waals surface area contributed by atoms with Crippen molar-refractivity contribution >= 4 is 29.3 Å². The highest BCUT2D eigenvalue weighted by Crippen LogP contribution is 2.36. The van der Waals surface area contributed by atoms with Gasteiger partial charge in [-0.05, 0) is 37.6 Å². The van der Waals surface area contributed by atoms with E-state index in [9.17, 15) is 4.79 Å². The molecule has 1 aliphatic heterocycles. The molecule has 0 spiro atoms. The molecular formula is C14H16O3S2. The summed E-state index contributed by atoms with van der Waals surface area (Å²) in [6, 6.07) is 5.39. The Bertz CT molecular complexity index is 517. The van der Waals surface area contributed by atoms with E-state index in [2.05, 4.69) is 0 Å². The standard InChI is InChI=1S/C14H16O3S2/c1-4-16-9-5-6-12-10(7-9)13(15)11(8-17-12)14(18-2)19-3/h5-7H,4,8H2,1-3H3. The van der Waals surface area contributed by atoms with E-state index in [1.165, 1.54) is 0 Å². The van der Waals surface area contributed by atoms with Gasteiger partial charge in [-0.3, -0.25) is 4.79 Å². The Kier molecular flexibility index (Phi) is 4.82. The minimum absolute atomic E-state index is 0.0431. The first-order valence-corrected chi connectivity index (χ1v) is 8.41. The van der Waals surface area contributed by atoms with Crippen LogP contribution in [0.25, 0.3) is 0 Å². The van der Waals surface area contributed by atoms with E-state index in [1.54, 1.807) is 35.7 Å². The number of hydrogen-bond donors (Lipinski definition) is 0. The lowest BCUT2D eigenvalue weighted by molar-refractivity contribution is 0.0998. The molecule has 0 saturated heterocycles. The molecule has 1 aromatic carbocycles. The number of ether oxygens (including phenoxy) is 2.